The number of fused-ring (bicyclic) bond motifs is 1. The van der Waals surface area contributed by atoms with E-state index >= 15 is 0 Å². The number of H-pyrrole nitrogens is 2. The average molecular weight is 291 g/mol. The molecule has 0 unspecified atom stereocenters. The predicted molar refractivity (Wildman–Crippen MR) is 84.4 cm³/mol. The van der Waals surface area contributed by atoms with E-state index in [0.29, 0.717) is 5.52 Å². The SMILES string of the molecule is Cn1nc(-c2ccccc2)cc1-c1cncc2[nH]c(=O)[nH]c12. The van der Waals surface area contributed by atoms with Crippen LogP contribution in [-0.4, -0.2) is 24.7 Å². The lowest BCUT2D eigenvalue weighted by atomic mass is 10.1. The summed E-state index contributed by atoms with van der Waals surface area (Å²) in [7, 11) is 1.88. The van der Waals surface area contributed by atoms with Crippen molar-refractivity contribution in [1.29, 1.82) is 0 Å². The molecule has 0 spiro atoms. The summed E-state index contributed by atoms with van der Waals surface area (Å²) < 4.78 is 1.80. The van der Waals surface area contributed by atoms with Gasteiger partial charge in [0.1, 0.15) is 0 Å². The van der Waals surface area contributed by atoms with Crippen LogP contribution in [0.3, 0.4) is 0 Å². The standard InChI is InChI=1S/C16H13N5O/c1-21-14(7-12(20-21)10-5-3-2-4-6-10)11-8-17-9-13-15(11)19-16(22)18-13/h2-9H,1H3,(H2,18,19,22). The molecular weight excluding hydrogens is 278 g/mol. The van der Waals surface area contributed by atoms with Gasteiger partial charge in [-0.2, -0.15) is 5.10 Å². The summed E-state index contributed by atoms with van der Waals surface area (Å²) in [5, 5.41) is 4.56. The molecule has 6 nitrogen and oxygen atoms in total. The van der Waals surface area contributed by atoms with Crippen LogP contribution in [0.2, 0.25) is 0 Å². The first-order valence-electron chi connectivity index (χ1n) is 6.88. The highest BCUT2D eigenvalue weighted by molar-refractivity contribution is 5.90. The molecule has 3 aromatic heterocycles. The number of rotatable bonds is 2. The second-order valence-corrected chi connectivity index (χ2v) is 5.09. The third-order valence-corrected chi connectivity index (χ3v) is 3.66. The fourth-order valence-electron chi connectivity index (χ4n) is 2.62. The van der Waals surface area contributed by atoms with Crippen molar-refractivity contribution in [1.82, 2.24) is 24.7 Å². The highest BCUT2D eigenvalue weighted by atomic mass is 16.1. The van der Waals surface area contributed by atoms with Gasteiger partial charge in [0, 0.05) is 24.4 Å². The molecule has 0 fully saturated rings. The number of imidazole rings is 1. The number of aromatic amines is 2. The summed E-state index contributed by atoms with van der Waals surface area (Å²) in [6.07, 6.45) is 3.36. The van der Waals surface area contributed by atoms with E-state index in [4.69, 9.17) is 0 Å². The maximum atomic E-state index is 11.5. The molecule has 0 bridgehead atoms. The Morgan fingerprint density at radius 2 is 1.91 bits per heavy atom. The largest absolute Gasteiger partial charge is 0.323 e. The van der Waals surface area contributed by atoms with E-state index in [1.165, 1.54) is 0 Å². The van der Waals surface area contributed by atoms with E-state index in [-0.39, 0.29) is 5.69 Å². The molecule has 0 aliphatic rings. The van der Waals surface area contributed by atoms with Crippen molar-refractivity contribution in [2.75, 3.05) is 0 Å². The van der Waals surface area contributed by atoms with Crippen LogP contribution >= 0.6 is 0 Å². The molecule has 108 valence electrons. The molecule has 4 rings (SSSR count). The van der Waals surface area contributed by atoms with Crippen LogP contribution < -0.4 is 5.69 Å². The molecule has 0 aliphatic heterocycles. The monoisotopic (exact) mass is 291 g/mol. The topological polar surface area (TPSA) is 79.4 Å². The van der Waals surface area contributed by atoms with E-state index in [9.17, 15) is 4.79 Å². The van der Waals surface area contributed by atoms with E-state index in [0.717, 1.165) is 28.0 Å². The van der Waals surface area contributed by atoms with Gasteiger partial charge >= 0.3 is 5.69 Å². The molecule has 4 aromatic rings. The summed E-state index contributed by atoms with van der Waals surface area (Å²) in [4.78, 5) is 21.2. The lowest BCUT2D eigenvalue weighted by Gasteiger charge is -2.02. The van der Waals surface area contributed by atoms with Crippen molar-refractivity contribution in [3.63, 3.8) is 0 Å². The van der Waals surface area contributed by atoms with Crippen LogP contribution in [0.25, 0.3) is 33.5 Å². The van der Waals surface area contributed by atoms with Crippen molar-refractivity contribution in [3.8, 4) is 22.5 Å². The molecule has 22 heavy (non-hydrogen) atoms. The van der Waals surface area contributed by atoms with E-state index in [1.807, 2.05) is 43.4 Å². The number of nitrogens with one attached hydrogen (secondary N) is 2. The van der Waals surface area contributed by atoms with E-state index < -0.39 is 0 Å². The minimum Gasteiger partial charge on any atom is -0.305 e. The van der Waals surface area contributed by atoms with Crippen LogP contribution in [0.15, 0.2) is 53.6 Å². The van der Waals surface area contributed by atoms with E-state index in [2.05, 4.69) is 20.1 Å². The van der Waals surface area contributed by atoms with Gasteiger partial charge in [-0.1, -0.05) is 30.3 Å². The molecule has 0 atom stereocenters. The minimum absolute atomic E-state index is 0.241. The number of pyridine rings is 1. The van der Waals surface area contributed by atoms with Crippen molar-refractivity contribution in [2.45, 2.75) is 0 Å². The van der Waals surface area contributed by atoms with Gasteiger partial charge in [0.15, 0.2) is 0 Å². The lowest BCUT2D eigenvalue weighted by Crippen LogP contribution is -1.99. The smallest absolute Gasteiger partial charge is 0.305 e. The number of aromatic nitrogens is 5. The molecule has 2 N–H and O–H groups in total. The van der Waals surface area contributed by atoms with Crippen molar-refractivity contribution < 1.29 is 0 Å². The number of benzene rings is 1. The van der Waals surface area contributed by atoms with Crippen LogP contribution in [0.5, 0.6) is 0 Å². The summed E-state index contributed by atoms with van der Waals surface area (Å²) in [6.45, 7) is 0. The Labute approximate surface area is 125 Å². The number of aryl methyl sites for hydroxylation is 1. The molecule has 0 saturated carbocycles. The lowest BCUT2D eigenvalue weighted by molar-refractivity contribution is 0.779. The third kappa shape index (κ3) is 1.93. The first-order valence-corrected chi connectivity index (χ1v) is 6.88. The molecule has 3 heterocycles. The zero-order chi connectivity index (χ0) is 15.1. The van der Waals surface area contributed by atoms with Crippen molar-refractivity contribution in [2.24, 2.45) is 7.05 Å². The van der Waals surface area contributed by atoms with E-state index in [1.54, 1.807) is 17.1 Å². The molecule has 0 aliphatic carbocycles. The first-order chi connectivity index (χ1) is 10.7. The summed E-state index contributed by atoms with van der Waals surface area (Å²) in [5.74, 6) is 0. The van der Waals surface area contributed by atoms with Gasteiger partial charge in [-0.05, 0) is 6.07 Å². The Hall–Kier alpha value is -3.15. The second kappa shape index (κ2) is 4.70. The Balaban J connectivity index is 1.92. The van der Waals surface area contributed by atoms with Crippen molar-refractivity contribution in [3.05, 3.63) is 59.3 Å². The van der Waals surface area contributed by atoms with Crippen LogP contribution in [0.1, 0.15) is 0 Å². The average Bonchev–Trinajstić information content (AvgIpc) is 3.10. The van der Waals surface area contributed by atoms with Gasteiger partial charge < -0.3 is 9.97 Å². The molecular formula is C16H13N5O. The Morgan fingerprint density at radius 1 is 1.09 bits per heavy atom. The second-order valence-electron chi connectivity index (χ2n) is 5.09. The Morgan fingerprint density at radius 3 is 2.73 bits per heavy atom. The zero-order valence-electron chi connectivity index (χ0n) is 11.9. The van der Waals surface area contributed by atoms with Gasteiger partial charge in [0.2, 0.25) is 0 Å². The van der Waals surface area contributed by atoms with Gasteiger partial charge in [-0.25, -0.2) is 4.79 Å². The van der Waals surface area contributed by atoms with Crippen molar-refractivity contribution >= 4 is 11.0 Å². The maximum Gasteiger partial charge on any atom is 0.323 e. The molecule has 6 heteroatoms. The van der Waals surface area contributed by atoms with Crippen LogP contribution in [0.4, 0.5) is 0 Å². The molecule has 1 aromatic carbocycles. The minimum atomic E-state index is -0.241. The summed E-state index contributed by atoms with van der Waals surface area (Å²) >= 11 is 0. The number of hydrogen-bond acceptors (Lipinski definition) is 3. The van der Waals surface area contributed by atoms with Gasteiger partial charge in [0.05, 0.1) is 28.6 Å². The number of nitrogens with zero attached hydrogens (tertiary/aromatic N) is 3. The van der Waals surface area contributed by atoms with Gasteiger partial charge in [-0.15, -0.1) is 0 Å². The predicted octanol–water partition coefficient (Wildman–Crippen LogP) is 2.32. The quantitative estimate of drug-likeness (QED) is 0.595. The Bertz CT molecular complexity index is 1010. The van der Waals surface area contributed by atoms with Gasteiger partial charge in [-0.3, -0.25) is 9.67 Å². The van der Waals surface area contributed by atoms with Gasteiger partial charge in [0.25, 0.3) is 0 Å². The first kappa shape index (κ1) is 12.6. The zero-order valence-corrected chi connectivity index (χ0v) is 11.9. The fourth-order valence-corrected chi connectivity index (χ4v) is 2.62. The van der Waals surface area contributed by atoms with Crippen LogP contribution in [0, 0.1) is 0 Å². The summed E-state index contributed by atoms with van der Waals surface area (Å²) in [5.41, 5.74) is 4.85. The maximum absolute atomic E-state index is 11.5. The van der Waals surface area contributed by atoms with Crippen LogP contribution in [-0.2, 0) is 7.05 Å². The number of hydrogen-bond donors (Lipinski definition) is 2. The molecule has 0 amide bonds. The summed E-state index contributed by atoms with van der Waals surface area (Å²) in [6, 6.07) is 12.0. The highest BCUT2D eigenvalue weighted by Gasteiger charge is 2.13. The normalized spacial score (nSPS) is 11.1. The molecule has 0 saturated heterocycles. The third-order valence-electron chi connectivity index (χ3n) is 3.66. The molecule has 0 radical (unpaired) electrons. The fraction of sp³-hybridized carbons (Fsp3) is 0.0625. The highest BCUT2D eigenvalue weighted by Crippen LogP contribution is 2.28. The Kier molecular flexibility index (Phi) is 2.69.